The summed E-state index contributed by atoms with van der Waals surface area (Å²) in [6, 6.07) is -0.659. The Morgan fingerprint density at radius 3 is 2.24 bits per heavy atom. The Morgan fingerprint density at radius 1 is 1.10 bits per heavy atom. The molecule has 0 radical (unpaired) electrons. The molecule has 0 fully saturated rings. The molecule has 0 aromatic rings. The summed E-state index contributed by atoms with van der Waals surface area (Å²) >= 11 is 0. The third-order valence-electron chi connectivity index (χ3n) is 2.59. The number of hydrogen-bond acceptors (Lipinski definition) is 5. The van der Waals surface area contributed by atoms with Crippen molar-refractivity contribution in [2.45, 2.75) is 39.5 Å². The number of hydrogen-bond donors (Lipinski definition) is 2. The van der Waals surface area contributed by atoms with E-state index in [2.05, 4.69) is 5.32 Å². The zero-order valence-electron chi connectivity index (χ0n) is 12.4. The van der Waals surface area contributed by atoms with Gasteiger partial charge in [0.25, 0.3) is 0 Å². The molecular formula is C13H22N2O6. The van der Waals surface area contributed by atoms with Crippen molar-refractivity contribution in [3.63, 3.8) is 0 Å². The highest BCUT2D eigenvalue weighted by Gasteiger charge is 2.18. The van der Waals surface area contributed by atoms with Gasteiger partial charge in [0, 0.05) is 19.4 Å². The van der Waals surface area contributed by atoms with E-state index in [4.69, 9.17) is 9.84 Å². The zero-order chi connectivity index (χ0) is 16.3. The maximum Gasteiger partial charge on any atom is 0.325 e. The van der Waals surface area contributed by atoms with Crippen LogP contribution in [-0.2, 0) is 19.1 Å². The molecule has 3 amide bonds. The number of carbonyl (C=O) groups is 4. The predicted molar refractivity (Wildman–Crippen MR) is 73.5 cm³/mol. The van der Waals surface area contributed by atoms with Gasteiger partial charge in [-0.05, 0) is 26.7 Å². The van der Waals surface area contributed by atoms with Crippen molar-refractivity contribution in [2.24, 2.45) is 0 Å². The molecule has 0 spiro atoms. The Hall–Kier alpha value is -2.12. The summed E-state index contributed by atoms with van der Waals surface area (Å²) in [6.45, 7) is 3.60. The second kappa shape index (κ2) is 10.6. The SMILES string of the molecule is CCOC(=O)CN(CC)C(=O)NC(=O)CCCCC(=O)O. The van der Waals surface area contributed by atoms with Gasteiger partial charge in [0.1, 0.15) is 6.54 Å². The first kappa shape index (κ1) is 18.9. The maximum absolute atomic E-state index is 11.8. The minimum absolute atomic E-state index is 0.00876. The summed E-state index contributed by atoms with van der Waals surface area (Å²) in [7, 11) is 0. The van der Waals surface area contributed by atoms with Crippen LogP contribution in [0.2, 0.25) is 0 Å². The Bertz CT molecular complexity index is 383. The van der Waals surface area contributed by atoms with Gasteiger partial charge in [-0.2, -0.15) is 0 Å². The van der Waals surface area contributed by atoms with Crippen LogP contribution in [0.1, 0.15) is 39.5 Å². The number of ether oxygens (including phenoxy) is 1. The predicted octanol–water partition coefficient (Wildman–Crippen LogP) is 0.753. The van der Waals surface area contributed by atoms with E-state index >= 15 is 0 Å². The first-order valence-electron chi connectivity index (χ1n) is 6.86. The van der Waals surface area contributed by atoms with Crippen molar-refractivity contribution in [2.75, 3.05) is 19.7 Å². The first-order valence-corrected chi connectivity index (χ1v) is 6.86. The molecule has 0 rings (SSSR count). The van der Waals surface area contributed by atoms with Gasteiger partial charge in [0.15, 0.2) is 0 Å². The lowest BCUT2D eigenvalue weighted by atomic mass is 10.2. The fourth-order valence-electron chi connectivity index (χ4n) is 1.51. The summed E-state index contributed by atoms with van der Waals surface area (Å²) in [5.41, 5.74) is 0. The van der Waals surface area contributed by atoms with Gasteiger partial charge in [-0.3, -0.25) is 19.7 Å². The number of imide groups is 1. The van der Waals surface area contributed by atoms with Crippen molar-refractivity contribution in [3.05, 3.63) is 0 Å². The van der Waals surface area contributed by atoms with E-state index < -0.39 is 23.9 Å². The number of likely N-dealkylation sites (N-methyl/N-ethyl adjacent to an activating group) is 1. The van der Waals surface area contributed by atoms with E-state index in [1.54, 1.807) is 13.8 Å². The van der Waals surface area contributed by atoms with Crippen LogP contribution in [0.5, 0.6) is 0 Å². The molecule has 0 aromatic heterocycles. The minimum atomic E-state index is -0.918. The van der Waals surface area contributed by atoms with Crippen molar-refractivity contribution < 1.29 is 29.0 Å². The maximum atomic E-state index is 11.8. The highest BCUT2D eigenvalue weighted by molar-refractivity contribution is 5.95. The Balaban J connectivity index is 4.09. The summed E-state index contributed by atoms with van der Waals surface area (Å²) in [6.07, 6.45) is 0.813. The van der Waals surface area contributed by atoms with Crippen LogP contribution in [0.15, 0.2) is 0 Å². The molecule has 0 saturated carbocycles. The highest BCUT2D eigenvalue weighted by Crippen LogP contribution is 2.00. The number of unbranched alkanes of at least 4 members (excludes halogenated alkanes) is 1. The topological polar surface area (TPSA) is 113 Å². The third kappa shape index (κ3) is 9.42. The molecular weight excluding hydrogens is 280 g/mol. The van der Waals surface area contributed by atoms with Crippen LogP contribution in [0, 0.1) is 0 Å². The molecule has 0 aromatic carbocycles. The number of urea groups is 1. The van der Waals surface area contributed by atoms with E-state index in [-0.39, 0.29) is 32.5 Å². The average molecular weight is 302 g/mol. The molecule has 0 aliphatic carbocycles. The standard InChI is InChI=1S/C13H22N2O6/c1-3-15(9-12(19)21-4-2)13(20)14-10(16)7-5-6-8-11(17)18/h3-9H2,1-2H3,(H,17,18)(H,14,16,20). The Kier molecular flexibility index (Phi) is 9.57. The quantitative estimate of drug-likeness (QED) is 0.480. The number of rotatable bonds is 9. The van der Waals surface area contributed by atoms with Gasteiger partial charge in [-0.1, -0.05) is 0 Å². The van der Waals surface area contributed by atoms with Gasteiger partial charge in [0.2, 0.25) is 5.91 Å². The Morgan fingerprint density at radius 2 is 1.71 bits per heavy atom. The number of carboxylic acids is 1. The summed E-state index contributed by atoms with van der Waals surface area (Å²) in [5.74, 6) is -1.95. The largest absolute Gasteiger partial charge is 0.481 e. The molecule has 0 aliphatic rings. The number of aliphatic carboxylic acids is 1. The van der Waals surface area contributed by atoms with E-state index in [0.717, 1.165) is 4.90 Å². The smallest absolute Gasteiger partial charge is 0.325 e. The lowest BCUT2D eigenvalue weighted by molar-refractivity contribution is -0.144. The summed E-state index contributed by atoms with van der Waals surface area (Å²) in [5, 5.41) is 10.6. The van der Waals surface area contributed by atoms with Gasteiger partial charge >= 0.3 is 18.0 Å². The third-order valence-corrected chi connectivity index (χ3v) is 2.59. The lowest BCUT2D eigenvalue weighted by Crippen LogP contribution is -2.45. The number of esters is 1. The molecule has 0 unspecified atom stereocenters. The molecule has 0 heterocycles. The van der Waals surface area contributed by atoms with Gasteiger partial charge in [-0.25, -0.2) is 4.79 Å². The molecule has 2 N–H and O–H groups in total. The van der Waals surface area contributed by atoms with Crippen molar-refractivity contribution in [3.8, 4) is 0 Å². The van der Waals surface area contributed by atoms with E-state index in [9.17, 15) is 19.2 Å². The van der Waals surface area contributed by atoms with E-state index in [1.165, 1.54) is 0 Å². The van der Waals surface area contributed by atoms with E-state index in [0.29, 0.717) is 12.8 Å². The molecule has 0 aliphatic heterocycles. The van der Waals surface area contributed by atoms with Crippen molar-refractivity contribution >= 4 is 23.9 Å². The molecule has 0 atom stereocenters. The van der Waals surface area contributed by atoms with Crippen LogP contribution in [0.3, 0.4) is 0 Å². The zero-order valence-corrected chi connectivity index (χ0v) is 12.4. The molecule has 8 nitrogen and oxygen atoms in total. The van der Waals surface area contributed by atoms with Gasteiger partial charge in [-0.15, -0.1) is 0 Å². The first-order chi connectivity index (χ1) is 9.90. The van der Waals surface area contributed by atoms with Crippen LogP contribution < -0.4 is 5.32 Å². The molecule has 8 heteroatoms. The summed E-state index contributed by atoms with van der Waals surface area (Å²) < 4.78 is 4.73. The Labute approximate surface area is 123 Å². The monoisotopic (exact) mass is 302 g/mol. The molecule has 0 saturated heterocycles. The van der Waals surface area contributed by atoms with Crippen LogP contribution in [-0.4, -0.2) is 53.6 Å². The molecule has 0 bridgehead atoms. The van der Waals surface area contributed by atoms with Crippen molar-refractivity contribution in [1.82, 2.24) is 10.2 Å². The fraction of sp³-hybridized carbons (Fsp3) is 0.692. The van der Waals surface area contributed by atoms with Gasteiger partial charge in [0.05, 0.1) is 6.61 Å². The van der Waals surface area contributed by atoms with Gasteiger partial charge < -0.3 is 14.7 Å². The van der Waals surface area contributed by atoms with Crippen LogP contribution in [0.4, 0.5) is 4.79 Å². The fourth-order valence-corrected chi connectivity index (χ4v) is 1.51. The normalized spacial score (nSPS) is 9.81. The highest BCUT2D eigenvalue weighted by atomic mass is 16.5. The second-order valence-corrected chi connectivity index (χ2v) is 4.27. The lowest BCUT2D eigenvalue weighted by Gasteiger charge is -2.19. The number of carboxylic acid groups (broad SMARTS) is 1. The number of amides is 3. The molecule has 120 valence electrons. The minimum Gasteiger partial charge on any atom is -0.481 e. The molecule has 21 heavy (non-hydrogen) atoms. The average Bonchev–Trinajstić information content (AvgIpc) is 2.40. The summed E-state index contributed by atoms with van der Waals surface area (Å²) in [4.78, 5) is 46.0. The van der Waals surface area contributed by atoms with Crippen molar-refractivity contribution in [1.29, 1.82) is 0 Å². The number of nitrogens with zero attached hydrogens (tertiary/aromatic N) is 1. The van der Waals surface area contributed by atoms with E-state index in [1.807, 2.05) is 0 Å². The number of carbonyl (C=O) groups excluding carboxylic acids is 3. The second-order valence-electron chi connectivity index (χ2n) is 4.27. The van der Waals surface area contributed by atoms with Crippen LogP contribution in [0.25, 0.3) is 0 Å². The number of nitrogens with one attached hydrogen (secondary N) is 1. The van der Waals surface area contributed by atoms with Crippen LogP contribution >= 0.6 is 0 Å².